The molecule has 35 heavy (non-hydrogen) atoms. The summed E-state index contributed by atoms with van der Waals surface area (Å²) in [4.78, 5) is 45.0. The largest absolute Gasteiger partial charge is 0.497 e. The molecule has 0 aromatic heterocycles. The first-order valence-corrected chi connectivity index (χ1v) is 15.3. The van der Waals surface area contributed by atoms with Crippen molar-refractivity contribution >= 4 is 26.5 Å². The van der Waals surface area contributed by atoms with E-state index in [1.807, 2.05) is 65.8 Å². The molecule has 2 rings (SSSR count). The highest BCUT2D eigenvalue weighted by Gasteiger charge is 2.61. The van der Waals surface area contributed by atoms with Gasteiger partial charge in [-0.1, -0.05) is 107 Å². The fourth-order valence-corrected chi connectivity index (χ4v) is 7.90. The van der Waals surface area contributed by atoms with Crippen molar-refractivity contribution in [3.05, 3.63) is 58.7 Å². The lowest BCUT2D eigenvalue weighted by molar-refractivity contribution is 0.298. The van der Waals surface area contributed by atoms with E-state index < -0.39 is 26.7 Å². The monoisotopic (exact) mass is 524 g/mol. The molecule has 0 aliphatic rings. The van der Waals surface area contributed by atoms with E-state index in [9.17, 15) is 19.6 Å². The fourth-order valence-electron chi connectivity index (χ4n) is 3.96. The van der Waals surface area contributed by atoms with Crippen LogP contribution < -0.4 is 10.6 Å². The minimum absolute atomic E-state index is 0.132. The van der Waals surface area contributed by atoms with Crippen molar-refractivity contribution in [1.29, 1.82) is 0 Å². The van der Waals surface area contributed by atoms with E-state index in [2.05, 4.69) is 41.5 Å². The molecule has 0 aliphatic heterocycles. The third-order valence-electron chi connectivity index (χ3n) is 6.20. The predicted octanol–water partition coefficient (Wildman–Crippen LogP) is 6.34. The zero-order valence-electron chi connectivity index (χ0n) is 23.6. The summed E-state index contributed by atoms with van der Waals surface area (Å²) in [7, 11) is -8.71. The first-order chi connectivity index (χ1) is 15.4. The van der Waals surface area contributed by atoms with Crippen LogP contribution in [0, 0.1) is 0 Å². The van der Waals surface area contributed by atoms with Crippen molar-refractivity contribution in [1.82, 2.24) is 0 Å². The normalized spacial score (nSPS) is 14.4. The van der Waals surface area contributed by atoms with Crippen molar-refractivity contribution in [2.45, 2.75) is 105 Å². The Morgan fingerprint density at radius 1 is 0.486 bits per heavy atom. The summed E-state index contributed by atoms with van der Waals surface area (Å²) in [6.07, 6.45) is 0. The van der Waals surface area contributed by atoms with Crippen LogP contribution >= 0.6 is 15.9 Å². The van der Waals surface area contributed by atoms with Crippen molar-refractivity contribution in [2.24, 2.45) is 0 Å². The van der Waals surface area contributed by atoms with Crippen LogP contribution in [0.25, 0.3) is 0 Å². The molecule has 0 atom stereocenters. The molecule has 2 aromatic rings. The maximum Gasteiger partial charge on any atom is 0.497 e. The summed E-state index contributed by atoms with van der Waals surface area (Å²) in [6, 6.07) is 10.9. The Morgan fingerprint density at radius 3 is 1.00 bits per heavy atom. The van der Waals surface area contributed by atoms with Crippen LogP contribution in [0.4, 0.5) is 0 Å². The second-order valence-electron chi connectivity index (χ2n) is 13.6. The summed E-state index contributed by atoms with van der Waals surface area (Å²) in [5.74, 6) is 0. The van der Waals surface area contributed by atoms with E-state index in [-0.39, 0.29) is 21.4 Å². The SMILES string of the molecule is CC(C)(C)c1ccc([P+](O)(O)O[P+](O)(O)c2ccc(C(C)(C)C)cc2C(C)(C)C)c(C(C)(C)C)c1. The molecule has 0 saturated heterocycles. The molecule has 0 heterocycles. The average Bonchev–Trinajstić information content (AvgIpc) is 2.63. The molecule has 0 amide bonds. The van der Waals surface area contributed by atoms with Crippen LogP contribution in [-0.4, -0.2) is 19.6 Å². The molecule has 2 aromatic carbocycles. The molecule has 0 radical (unpaired) electrons. The Labute approximate surface area is 213 Å². The Bertz CT molecular complexity index is 977. The quantitative estimate of drug-likeness (QED) is 0.351. The second kappa shape index (κ2) is 9.44. The molecule has 196 valence electrons. The zero-order valence-corrected chi connectivity index (χ0v) is 25.3. The molecule has 0 saturated carbocycles. The summed E-state index contributed by atoms with van der Waals surface area (Å²) >= 11 is 0. The Kier molecular flexibility index (Phi) is 8.18. The van der Waals surface area contributed by atoms with Gasteiger partial charge in [0, 0.05) is 15.4 Å². The van der Waals surface area contributed by atoms with E-state index >= 15 is 0 Å². The topological polar surface area (TPSA) is 90.2 Å². The molecule has 0 fully saturated rings. The van der Waals surface area contributed by atoms with Gasteiger partial charge < -0.3 is 0 Å². The van der Waals surface area contributed by atoms with Crippen molar-refractivity contribution in [3.8, 4) is 0 Å². The lowest BCUT2D eigenvalue weighted by atomic mass is 9.81. The van der Waals surface area contributed by atoms with Crippen LogP contribution in [0.15, 0.2) is 36.4 Å². The van der Waals surface area contributed by atoms with Gasteiger partial charge in [-0.2, -0.15) is 19.6 Å². The Hall–Kier alpha value is -0.900. The van der Waals surface area contributed by atoms with Gasteiger partial charge in [0.05, 0.1) is 0 Å². The molecule has 0 spiro atoms. The average molecular weight is 525 g/mol. The van der Waals surface area contributed by atoms with Gasteiger partial charge in [-0.3, -0.25) is 0 Å². The van der Waals surface area contributed by atoms with Crippen molar-refractivity contribution in [3.63, 3.8) is 0 Å². The van der Waals surface area contributed by atoms with Gasteiger partial charge in [0.15, 0.2) is 10.6 Å². The summed E-state index contributed by atoms with van der Waals surface area (Å²) < 4.78 is 5.56. The maximum absolute atomic E-state index is 11.3. The maximum atomic E-state index is 11.3. The van der Waals surface area contributed by atoms with Gasteiger partial charge in [-0.25, -0.2) is 0 Å². The fraction of sp³-hybridized carbons (Fsp3) is 0.571. The highest BCUT2D eigenvalue weighted by molar-refractivity contribution is 7.80. The standard InChI is InChI=1S/C28H46O5P2/c1-25(2,3)19-13-15-23(21(17-19)27(7,8)9)34(29,30)33-35(31,32)24-16-14-20(26(4,5)6)18-22(24)28(10,11)12/h13-18,29-32H,1-12H3/q+2. The Morgan fingerprint density at radius 2 is 0.771 bits per heavy atom. The Balaban J connectivity index is 2.65. The molecule has 0 bridgehead atoms. The number of hydrogen-bond acceptors (Lipinski definition) is 5. The van der Waals surface area contributed by atoms with Crippen LogP contribution in [0.3, 0.4) is 0 Å². The predicted molar refractivity (Wildman–Crippen MR) is 151 cm³/mol. The van der Waals surface area contributed by atoms with E-state index in [0.29, 0.717) is 11.1 Å². The number of hydrogen-bond donors (Lipinski definition) is 4. The summed E-state index contributed by atoms with van der Waals surface area (Å²) in [6.45, 7) is 24.5. The minimum atomic E-state index is -4.36. The molecular formula is C28H46O5P2+2. The molecule has 5 nitrogen and oxygen atoms in total. The molecule has 4 N–H and O–H groups in total. The van der Waals surface area contributed by atoms with Crippen molar-refractivity contribution < 1.29 is 23.9 Å². The number of rotatable bonds is 4. The molecule has 7 heteroatoms. The first-order valence-electron chi connectivity index (χ1n) is 12.1. The highest BCUT2D eigenvalue weighted by Crippen LogP contribution is 2.68. The van der Waals surface area contributed by atoms with Crippen LogP contribution in [0.2, 0.25) is 0 Å². The van der Waals surface area contributed by atoms with Gasteiger partial charge in [0.1, 0.15) is 0 Å². The van der Waals surface area contributed by atoms with E-state index in [1.54, 1.807) is 12.1 Å². The lowest BCUT2D eigenvalue weighted by Crippen LogP contribution is -2.31. The van der Waals surface area contributed by atoms with E-state index in [4.69, 9.17) is 4.31 Å². The molecular weight excluding hydrogens is 478 g/mol. The third kappa shape index (κ3) is 7.11. The smallest absolute Gasteiger partial charge is 0.185 e. The number of benzene rings is 2. The van der Waals surface area contributed by atoms with E-state index in [0.717, 1.165) is 11.1 Å². The lowest BCUT2D eigenvalue weighted by Gasteiger charge is -2.28. The highest BCUT2D eigenvalue weighted by atomic mass is 31.3. The second-order valence-corrected chi connectivity index (χ2v) is 17.4. The van der Waals surface area contributed by atoms with Crippen LogP contribution in [0.5, 0.6) is 0 Å². The van der Waals surface area contributed by atoms with Gasteiger partial charge in [0.25, 0.3) is 0 Å². The first kappa shape index (κ1) is 30.3. The minimum Gasteiger partial charge on any atom is -0.185 e. The van der Waals surface area contributed by atoms with Crippen molar-refractivity contribution in [2.75, 3.05) is 0 Å². The van der Waals surface area contributed by atoms with Gasteiger partial charge in [-0.15, -0.1) is 0 Å². The third-order valence-corrected chi connectivity index (χ3v) is 10.1. The summed E-state index contributed by atoms with van der Waals surface area (Å²) in [5.41, 5.74) is 2.41. The zero-order chi connectivity index (χ0) is 27.4. The summed E-state index contributed by atoms with van der Waals surface area (Å²) in [5, 5.41) is 0.406. The molecule has 0 aliphatic carbocycles. The van der Waals surface area contributed by atoms with Gasteiger partial charge in [-0.05, 0) is 44.9 Å². The van der Waals surface area contributed by atoms with Crippen LogP contribution in [-0.2, 0) is 26.0 Å². The van der Waals surface area contributed by atoms with Crippen LogP contribution in [0.1, 0.15) is 105 Å². The molecule has 0 unspecified atom stereocenters. The van der Waals surface area contributed by atoms with Gasteiger partial charge in [0.2, 0.25) is 0 Å². The van der Waals surface area contributed by atoms with E-state index in [1.165, 1.54) is 0 Å². The van der Waals surface area contributed by atoms with Gasteiger partial charge >= 0.3 is 15.9 Å².